The fraction of sp³-hybridized carbons (Fsp3) is 0.310. The predicted molar refractivity (Wildman–Crippen MR) is 153 cm³/mol. The summed E-state index contributed by atoms with van der Waals surface area (Å²) < 4.78 is 14.5. The SMILES string of the molecule is C=C.CN1CCCC1.[B]C(=Nc1ccc(Cc2c(F)ccc(NC(=C)C)c2C#N)cc1C=C)N(C)C. The summed E-state index contributed by atoms with van der Waals surface area (Å²) in [6, 6.07) is 10.5. The summed E-state index contributed by atoms with van der Waals surface area (Å²) in [6.45, 7) is 18.0. The van der Waals surface area contributed by atoms with E-state index in [0.29, 0.717) is 28.4 Å². The molecule has 0 aliphatic carbocycles. The van der Waals surface area contributed by atoms with Gasteiger partial charge < -0.3 is 15.1 Å². The van der Waals surface area contributed by atoms with Crippen LogP contribution in [0.2, 0.25) is 0 Å². The van der Waals surface area contributed by atoms with Crippen molar-refractivity contribution in [1.29, 1.82) is 5.26 Å². The van der Waals surface area contributed by atoms with Crippen molar-refractivity contribution in [2.24, 2.45) is 4.99 Å². The van der Waals surface area contributed by atoms with Gasteiger partial charge in [-0.25, -0.2) is 9.38 Å². The van der Waals surface area contributed by atoms with Crippen molar-refractivity contribution in [2.75, 3.05) is 39.5 Å². The van der Waals surface area contributed by atoms with Crippen LogP contribution in [0.5, 0.6) is 0 Å². The number of aliphatic imine (C=N–C) groups is 1. The molecule has 0 saturated carbocycles. The van der Waals surface area contributed by atoms with Gasteiger partial charge in [0.2, 0.25) is 0 Å². The van der Waals surface area contributed by atoms with Crippen molar-refractivity contribution in [3.8, 4) is 6.07 Å². The molecule has 36 heavy (non-hydrogen) atoms. The first-order chi connectivity index (χ1) is 17.2. The van der Waals surface area contributed by atoms with E-state index in [1.54, 1.807) is 38.1 Å². The van der Waals surface area contributed by atoms with Crippen molar-refractivity contribution in [1.82, 2.24) is 9.80 Å². The van der Waals surface area contributed by atoms with Gasteiger partial charge in [-0.1, -0.05) is 25.3 Å². The van der Waals surface area contributed by atoms with Gasteiger partial charge in [0.1, 0.15) is 11.9 Å². The second-order valence-corrected chi connectivity index (χ2v) is 8.61. The molecule has 1 N–H and O–H groups in total. The Labute approximate surface area is 217 Å². The van der Waals surface area contributed by atoms with Crippen LogP contribution in [0.15, 0.2) is 67.3 Å². The van der Waals surface area contributed by atoms with Crippen LogP contribution in [-0.2, 0) is 6.42 Å². The quantitative estimate of drug-likeness (QED) is 0.232. The minimum Gasteiger partial charge on any atom is -0.375 e. The number of anilines is 1. The summed E-state index contributed by atoms with van der Waals surface area (Å²) in [5.41, 5.74) is 4.45. The van der Waals surface area contributed by atoms with E-state index in [9.17, 15) is 9.65 Å². The third-order valence-corrected chi connectivity index (χ3v) is 5.43. The van der Waals surface area contributed by atoms with Gasteiger partial charge in [-0.15, -0.1) is 13.2 Å². The number of hydrogen-bond donors (Lipinski definition) is 1. The van der Waals surface area contributed by atoms with Gasteiger partial charge in [0.15, 0.2) is 7.85 Å². The Morgan fingerprint density at radius 2 is 1.89 bits per heavy atom. The number of benzene rings is 2. The molecule has 7 heteroatoms. The molecule has 188 valence electrons. The lowest BCUT2D eigenvalue weighted by molar-refractivity contribution is 0.418. The first-order valence-corrected chi connectivity index (χ1v) is 11.8. The molecule has 3 rings (SSSR count). The van der Waals surface area contributed by atoms with Crippen LogP contribution in [0.25, 0.3) is 6.08 Å². The molecule has 2 aromatic carbocycles. The maximum atomic E-state index is 14.5. The summed E-state index contributed by atoms with van der Waals surface area (Å²) in [6.07, 6.45) is 4.76. The topological polar surface area (TPSA) is 54.7 Å². The molecule has 1 heterocycles. The molecule has 0 bridgehead atoms. The van der Waals surface area contributed by atoms with Gasteiger partial charge in [0.25, 0.3) is 0 Å². The van der Waals surface area contributed by atoms with Crippen molar-refractivity contribution >= 4 is 31.0 Å². The van der Waals surface area contributed by atoms with Crippen LogP contribution in [0.3, 0.4) is 0 Å². The Kier molecular flexibility index (Phi) is 13.0. The summed E-state index contributed by atoms with van der Waals surface area (Å²) in [7, 11) is 11.7. The van der Waals surface area contributed by atoms with Gasteiger partial charge in [0.05, 0.1) is 16.9 Å². The molecule has 0 spiro atoms. The van der Waals surface area contributed by atoms with E-state index in [4.69, 9.17) is 7.85 Å². The van der Waals surface area contributed by atoms with Crippen molar-refractivity contribution in [2.45, 2.75) is 26.2 Å². The maximum Gasteiger partial charge on any atom is 0.167 e. The zero-order valence-electron chi connectivity index (χ0n) is 22.1. The predicted octanol–water partition coefficient (Wildman–Crippen LogP) is 6.11. The van der Waals surface area contributed by atoms with E-state index in [2.05, 4.69) is 54.6 Å². The minimum atomic E-state index is -0.428. The van der Waals surface area contributed by atoms with Crippen LogP contribution in [-0.4, -0.2) is 57.6 Å². The fourth-order valence-electron chi connectivity index (χ4n) is 3.54. The van der Waals surface area contributed by atoms with Gasteiger partial charge in [0, 0.05) is 37.5 Å². The Morgan fingerprint density at radius 1 is 1.25 bits per heavy atom. The largest absolute Gasteiger partial charge is 0.375 e. The van der Waals surface area contributed by atoms with Crippen molar-refractivity contribution in [3.05, 3.63) is 90.4 Å². The van der Waals surface area contributed by atoms with Gasteiger partial charge >= 0.3 is 0 Å². The number of allylic oxidation sites excluding steroid dienone is 1. The van der Waals surface area contributed by atoms with Gasteiger partial charge in [-0.2, -0.15) is 5.26 Å². The molecule has 0 atom stereocenters. The van der Waals surface area contributed by atoms with Crippen LogP contribution in [0.1, 0.15) is 42.0 Å². The van der Waals surface area contributed by atoms with E-state index in [1.165, 1.54) is 32.0 Å². The number of halogens is 1. The molecule has 1 aliphatic heterocycles. The lowest BCUT2D eigenvalue weighted by atomic mass is 9.96. The summed E-state index contributed by atoms with van der Waals surface area (Å²) >= 11 is 0. The van der Waals surface area contributed by atoms with E-state index in [1.807, 2.05) is 18.2 Å². The van der Waals surface area contributed by atoms with Crippen molar-refractivity contribution in [3.63, 3.8) is 0 Å². The maximum absolute atomic E-state index is 14.5. The Hall–Kier alpha value is -3.63. The standard InChI is InChI=1S/C22H22BFN4.C5H11N.C2H4/c1-6-16-11-15(7-9-20(16)27-22(23)28(4)5)12-17-18(13-25)21(26-14(2)3)10-8-19(17)24;1-6-4-2-3-5-6;1-2/h6-11,26H,1-2,12H2,3-5H3;2-5H2,1H3;1-2H2. The fourth-order valence-corrected chi connectivity index (χ4v) is 3.54. The van der Waals surface area contributed by atoms with Crippen LogP contribution >= 0.6 is 0 Å². The molecule has 0 aromatic heterocycles. The highest BCUT2D eigenvalue weighted by atomic mass is 19.1. The number of nitrogens with zero attached hydrogens (tertiary/aromatic N) is 4. The van der Waals surface area contributed by atoms with Crippen LogP contribution in [0.4, 0.5) is 15.8 Å². The zero-order chi connectivity index (χ0) is 27.3. The second-order valence-electron chi connectivity index (χ2n) is 8.61. The summed E-state index contributed by atoms with van der Waals surface area (Å²) in [5, 5.41) is 12.6. The normalized spacial score (nSPS) is 12.8. The van der Waals surface area contributed by atoms with E-state index < -0.39 is 5.82 Å². The first-order valence-electron chi connectivity index (χ1n) is 11.8. The molecule has 2 radical (unpaired) electrons. The number of likely N-dealkylation sites (tertiary alicyclic amines) is 1. The smallest absolute Gasteiger partial charge is 0.167 e. The summed E-state index contributed by atoms with van der Waals surface area (Å²) in [4.78, 5) is 8.44. The number of nitrogens with one attached hydrogen (secondary N) is 1. The van der Waals surface area contributed by atoms with Crippen LogP contribution < -0.4 is 5.32 Å². The molecule has 0 unspecified atom stereocenters. The molecular weight excluding hydrogens is 448 g/mol. The molecular formula is C29H37BFN5. The average Bonchev–Trinajstić information content (AvgIpc) is 3.34. The van der Waals surface area contributed by atoms with Gasteiger partial charge in [-0.05, 0) is 75.3 Å². The molecule has 1 aliphatic rings. The molecule has 2 aromatic rings. The Morgan fingerprint density at radius 3 is 2.36 bits per heavy atom. The van der Waals surface area contributed by atoms with Gasteiger partial charge in [-0.3, -0.25) is 0 Å². The lowest BCUT2D eigenvalue weighted by Crippen LogP contribution is -2.21. The number of hydrogen-bond acceptors (Lipinski definition) is 4. The van der Waals surface area contributed by atoms with Crippen LogP contribution in [0, 0.1) is 17.1 Å². The average molecular weight is 485 g/mol. The van der Waals surface area contributed by atoms with E-state index >= 15 is 0 Å². The first kappa shape index (κ1) is 30.4. The molecule has 0 amide bonds. The van der Waals surface area contributed by atoms with E-state index in [0.717, 1.165) is 11.1 Å². The number of rotatable bonds is 6. The minimum absolute atomic E-state index is 0.258. The third-order valence-electron chi connectivity index (χ3n) is 5.43. The third kappa shape index (κ3) is 9.20. The highest BCUT2D eigenvalue weighted by Crippen LogP contribution is 2.28. The number of amidine groups is 1. The second kappa shape index (κ2) is 15.4. The lowest BCUT2D eigenvalue weighted by Gasteiger charge is -2.15. The molecule has 1 saturated heterocycles. The Bertz CT molecular complexity index is 1110. The van der Waals surface area contributed by atoms with E-state index in [-0.39, 0.29) is 12.0 Å². The molecule has 1 fully saturated rings. The monoisotopic (exact) mass is 485 g/mol. The highest BCUT2D eigenvalue weighted by molar-refractivity contribution is 6.59. The molecule has 5 nitrogen and oxygen atoms in total. The van der Waals surface area contributed by atoms with Crippen molar-refractivity contribution < 1.29 is 4.39 Å². The number of nitriles is 1. The summed E-state index contributed by atoms with van der Waals surface area (Å²) in [5.74, 6) is -0.428. The zero-order valence-corrected chi connectivity index (χ0v) is 22.1. The highest BCUT2D eigenvalue weighted by Gasteiger charge is 2.15. The Balaban J connectivity index is 0.000000694.